The van der Waals surface area contributed by atoms with E-state index in [1.807, 2.05) is 74.5 Å². The third-order valence-corrected chi connectivity index (χ3v) is 4.52. The van der Waals surface area contributed by atoms with Gasteiger partial charge in [-0.2, -0.15) is 0 Å². The van der Waals surface area contributed by atoms with Gasteiger partial charge in [0.05, 0.1) is 6.54 Å². The number of aromatic nitrogens is 1. The van der Waals surface area contributed by atoms with Gasteiger partial charge < -0.3 is 9.88 Å². The first-order chi connectivity index (χ1) is 11.6. The van der Waals surface area contributed by atoms with Crippen molar-refractivity contribution in [3.05, 3.63) is 82.1 Å². The molecule has 1 heterocycles. The molecule has 0 aliphatic heterocycles. The first-order valence-corrected chi connectivity index (χ1v) is 8.62. The van der Waals surface area contributed by atoms with E-state index < -0.39 is 0 Å². The highest BCUT2D eigenvalue weighted by atomic mass is 79.9. The number of hydrogen-bond donors (Lipinski definition) is 1. The van der Waals surface area contributed by atoms with Crippen LogP contribution in [-0.2, 0) is 0 Å². The molecule has 0 atom stereocenters. The van der Waals surface area contributed by atoms with E-state index in [0.717, 1.165) is 32.8 Å². The first-order valence-electron chi connectivity index (χ1n) is 7.83. The minimum atomic E-state index is 0.0882. The molecule has 3 aromatic rings. The van der Waals surface area contributed by atoms with Crippen LogP contribution in [0.5, 0.6) is 0 Å². The lowest BCUT2D eigenvalue weighted by Crippen LogP contribution is -2.14. The van der Waals surface area contributed by atoms with E-state index in [1.165, 1.54) is 0 Å². The van der Waals surface area contributed by atoms with Gasteiger partial charge in [0.15, 0.2) is 5.78 Å². The fourth-order valence-electron chi connectivity index (χ4n) is 2.90. The van der Waals surface area contributed by atoms with E-state index in [2.05, 4.69) is 25.8 Å². The molecule has 0 amide bonds. The van der Waals surface area contributed by atoms with Crippen molar-refractivity contribution in [2.75, 3.05) is 11.9 Å². The highest BCUT2D eigenvalue weighted by Crippen LogP contribution is 2.21. The SMILES string of the molecule is Cc1cc(C(=O)CNc2cccc(Br)c2)c(C)n1-c1ccccc1. The van der Waals surface area contributed by atoms with Crippen LogP contribution in [0.25, 0.3) is 5.69 Å². The van der Waals surface area contributed by atoms with Crippen molar-refractivity contribution >= 4 is 27.4 Å². The van der Waals surface area contributed by atoms with Gasteiger partial charge in [0.2, 0.25) is 0 Å². The van der Waals surface area contributed by atoms with Crippen molar-refractivity contribution in [1.29, 1.82) is 0 Å². The van der Waals surface area contributed by atoms with Crippen LogP contribution in [0.15, 0.2) is 65.1 Å². The predicted molar refractivity (Wildman–Crippen MR) is 102 cm³/mol. The highest BCUT2D eigenvalue weighted by Gasteiger charge is 2.16. The number of nitrogens with one attached hydrogen (secondary N) is 1. The van der Waals surface area contributed by atoms with Gasteiger partial charge >= 0.3 is 0 Å². The molecular weight excluding hydrogens is 364 g/mol. The maximum Gasteiger partial charge on any atom is 0.183 e. The largest absolute Gasteiger partial charge is 0.378 e. The summed E-state index contributed by atoms with van der Waals surface area (Å²) < 4.78 is 3.11. The second-order valence-electron chi connectivity index (χ2n) is 5.74. The number of carbonyl (C=O) groups is 1. The van der Waals surface area contributed by atoms with E-state index in [4.69, 9.17) is 0 Å². The van der Waals surface area contributed by atoms with E-state index >= 15 is 0 Å². The van der Waals surface area contributed by atoms with Crippen LogP contribution in [0.1, 0.15) is 21.7 Å². The Bertz CT molecular complexity index is 869. The zero-order chi connectivity index (χ0) is 17.1. The highest BCUT2D eigenvalue weighted by molar-refractivity contribution is 9.10. The van der Waals surface area contributed by atoms with Gasteiger partial charge in [-0.25, -0.2) is 0 Å². The maximum atomic E-state index is 12.6. The minimum Gasteiger partial charge on any atom is -0.378 e. The van der Waals surface area contributed by atoms with Crippen molar-refractivity contribution in [3.8, 4) is 5.69 Å². The Morgan fingerprint density at radius 3 is 2.50 bits per heavy atom. The van der Waals surface area contributed by atoms with Gasteiger partial charge in [0.25, 0.3) is 0 Å². The second-order valence-corrected chi connectivity index (χ2v) is 6.66. The molecule has 2 aromatic carbocycles. The Kier molecular flexibility index (Phi) is 4.86. The normalized spacial score (nSPS) is 10.6. The van der Waals surface area contributed by atoms with E-state index in [1.54, 1.807) is 0 Å². The number of rotatable bonds is 5. The van der Waals surface area contributed by atoms with Crippen molar-refractivity contribution in [2.24, 2.45) is 0 Å². The average Bonchev–Trinajstić information content (AvgIpc) is 2.88. The molecule has 1 aromatic heterocycles. The molecule has 3 nitrogen and oxygen atoms in total. The summed E-state index contributed by atoms with van der Waals surface area (Å²) in [5, 5.41) is 3.19. The number of ketones is 1. The third-order valence-electron chi connectivity index (χ3n) is 4.02. The molecule has 0 bridgehead atoms. The predicted octanol–water partition coefficient (Wildman–Crippen LogP) is 5.15. The van der Waals surface area contributed by atoms with Gasteiger partial charge in [-0.05, 0) is 50.2 Å². The van der Waals surface area contributed by atoms with E-state index in [9.17, 15) is 4.79 Å². The van der Waals surface area contributed by atoms with Crippen molar-refractivity contribution in [1.82, 2.24) is 4.57 Å². The lowest BCUT2D eigenvalue weighted by molar-refractivity contribution is 0.101. The molecule has 0 radical (unpaired) electrons. The number of para-hydroxylation sites is 1. The first kappa shape index (κ1) is 16.5. The fraction of sp³-hybridized carbons (Fsp3) is 0.150. The molecule has 3 rings (SSSR count). The smallest absolute Gasteiger partial charge is 0.183 e. The fourth-order valence-corrected chi connectivity index (χ4v) is 3.29. The van der Waals surface area contributed by atoms with E-state index in [-0.39, 0.29) is 12.3 Å². The van der Waals surface area contributed by atoms with Crippen LogP contribution in [0.2, 0.25) is 0 Å². The summed E-state index contributed by atoms with van der Waals surface area (Å²) in [5.74, 6) is 0.0882. The summed E-state index contributed by atoms with van der Waals surface area (Å²) in [6.45, 7) is 4.29. The van der Waals surface area contributed by atoms with Gasteiger partial charge in [0, 0.05) is 32.8 Å². The molecular formula is C20H19BrN2O. The molecule has 0 aliphatic carbocycles. The molecule has 24 heavy (non-hydrogen) atoms. The summed E-state index contributed by atoms with van der Waals surface area (Å²) >= 11 is 3.44. The molecule has 1 N–H and O–H groups in total. The topological polar surface area (TPSA) is 34.0 Å². The van der Waals surface area contributed by atoms with Crippen LogP contribution in [0.4, 0.5) is 5.69 Å². The Morgan fingerprint density at radius 1 is 1.04 bits per heavy atom. The molecule has 0 saturated carbocycles. The van der Waals surface area contributed by atoms with Crippen LogP contribution >= 0.6 is 15.9 Å². The van der Waals surface area contributed by atoms with E-state index in [0.29, 0.717) is 0 Å². The van der Waals surface area contributed by atoms with Gasteiger partial charge in [-0.3, -0.25) is 4.79 Å². The molecule has 0 aliphatic rings. The van der Waals surface area contributed by atoms with Crippen LogP contribution < -0.4 is 5.32 Å². The number of halogens is 1. The minimum absolute atomic E-state index is 0.0882. The second kappa shape index (κ2) is 7.05. The monoisotopic (exact) mass is 382 g/mol. The Labute approximate surface area is 150 Å². The van der Waals surface area contributed by atoms with Gasteiger partial charge in [0.1, 0.15) is 0 Å². The third kappa shape index (κ3) is 3.44. The number of aryl methyl sites for hydroxylation is 1. The number of anilines is 1. The summed E-state index contributed by atoms with van der Waals surface area (Å²) in [4.78, 5) is 12.6. The summed E-state index contributed by atoms with van der Waals surface area (Å²) in [6.07, 6.45) is 0. The standard InChI is InChI=1S/C20H19BrN2O/c1-14-11-19(15(2)23(14)18-9-4-3-5-10-18)20(24)13-22-17-8-6-7-16(21)12-17/h3-12,22H,13H2,1-2H3. The number of Topliss-reactive ketones (excluding diaryl/α,β-unsaturated/α-hetero) is 1. The zero-order valence-electron chi connectivity index (χ0n) is 13.7. The lowest BCUT2D eigenvalue weighted by Gasteiger charge is -2.10. The van der Waals surface area contributed by atoms with Crippen LogP contribution in [-0.4, -0.2) is 16.9 Å². The van der Waals surface area contributed by atoms with Gasteiger partial charge in [-0.1, -0.05) is 40.2 Å². The Morgan fingerprint density at radius 2 is 1.79 bits per heavy atom. The van der Waals surface area contributed by atoms with Crippen LogP contribution in [0.3, 0.4) is 0 Å². The molecule has 4 heteroatoms. The van der Waals surface area contributed by atoms with Crippen molar-refractivity contribution < 1.29 is 4.79 Å². The number of carbonyl (C=O) groups excluding carboxylic acids is 1. The van der Waals surface area contributed by atoms with Crippen LogP contribution in [0, 0.1) is 13.8 Å². The summed E-state index contributed by atoms with van der Waals surface area (Å²) in [7, 11) is 0. The zero-order valence-corrected chi connectivity index (χ0v) is 15.3. The van der Waals surface area contributed by atoms with Gasteiger partial charge in [-0.15, -0.1) is 0 Å². The molecule has 0 fully saturated rings. The molecule has 0 unspecified atom stereocenters. The average molecular weight is 383 g/mol. The number of nitrogens with zero attached hydrogens (tertiary/aromatic N) is 1. The molecule has 0 spiro atoms. The lowest BCUT2D eigenvalue weighted by atomic mass is 10.1. The Balaban J connectivity index is 1.81. The quantitative estimate of drug-likeness (QED) is 0.618. The summed E-state index contributed by atoms with van der Waals surface area (Å²) in [5.41, 5.74) is 4.80. The van der Waals surface area contributed by atoms with Crippen molar-refractivity contribution in [2.45, 2.75) is 13.8 Å². The molecule has 0 saturated heterocycles. The summed E-state index contributed by atoms with van der Waals surface area (Å²) in [6, 6.07) is 19.9. The number of hydrogen-bond acceptors (Lipinski definition) is 2. The molecule has 122 valence electrons. The van der Waals surface area contributed by atoms with Crippen molar-refractivity contribution in [3.63, 3.8) is 0 Å². The Hall–Kier alpha value is -2.33. The maximum absolute atomic E-state index is 12.6. The number of benzene rings is 2.